The summed E-state index contributed by atoms with van der Waals surface area (Å²) in [6.45, 7) is 0.421. The molecule has 8 heteroatoms. The molecule has 0 atom stereocenters. The zero-order chi connectivity index (χ0) is 14.8. The quantitative estimate of drug-likeness (QED) is 0.910. The van der Waals surface area contributed by atoms with Crippen molar-refractivity contribution >= 4 is 33.0 Å². The molecule has 0 aliphatic carbocycles. The summed E-state index contributed by atoms with van der Waals surface area (Å²) in [4.78, 5) is 4.26. The van der Waals surface area contributed by atoms with Gasteiger partial charge in [0.05, 0.1) is 22.6 Å². The van der Waals surface area contributed by atoms with Crippen molar-refractivity contribution in [3.63, 3.8) is 0 Å². The molecule has 1 heterocycles. The molecule has 0 unspecified atom stereocenters. The molecule has 0 spiro atoms. The van der Waals surface area contributed by atoms with Crippen molar-refractivity contribution in [1.29, 1.82) is 0 Å². The van der Waals surface area contributed by atoms with Crippen molar-refractivity contribution in [3.05, 3.63) is 45.4 Å². The molecule has 0 radical (unpaired) electrons. The van der Waals surface area contributed by atoms with Crippen LogP contribution in [0.5, 0.6) is 0 Å². The van der Waals surface area contributed by atoms with Gasteiger partial charge in [0, 0.05) is 24.0 Å². The summed E-state index contributed by atoms with van der Waals surface area (Å²) in [5, 5.41) is 2.28. The summed E-state index contributed by atoms with van der Waals surface area (Å²) in [6, 6.07) is 4.54. The number of nitrogens with zero attached hydrogens (tertiary/aromatic N) is 2. The van der Waals surface area contributed by atoms with Gasteiger partial charge >= 0.3 is 0 Å². The second kappa shape index (κ2) is 6.19. The van der Waals surface area contributed by atoms with E-state index >= 15 is 0 Å². The van der Waals surface area contributed by atoms with Gasteiger partial charge in [-0.15, -0.1) is 11.3 Å². The monoisotopic (exact) mass is 331 g/mol. The average molecular weight is 332 g/mol. The van der Waals surface area contributed by atoms with Gasteiger partial charge in [-0.05, 0) is 23.8 Å². The zero-order valence-electron chi connectivity index (χ0n) is 10.8. The molecule has 2 rings (SSSR count). The van der Waals surface area contributed by atoms with Crippen molar-refractivity contribution in [2.24, 2.45) is 5.73 Å². The highest BCUT2D eigenvalue weighted by Crippen LogP contribution is 2.23. The lowest BCUT2D eigenvalue weighted by Gasteiger charge is -2.17. The molecule has 108 valence electrons. The minimum absolute atomic E-state index is 0.181. The first-order valence-corrected chi connectivity index (χ1v) is 8.53. The van der Waals surface area contributed by atoms with Gasteiger partial charge < -0.3 is 5.73 Å². The number of thiazole rings is 1. The number of benzene rings is 1. The molecule has 2 N–H and O–H groups in total. The Kier molecular flexibility index (Phi) is 4.77. The van der Waals surface area contributed by atoms with Gasteiger partial charge in [-0.1, -0.05) is 11.6 Å². The molecule has 0 fully saturated rings. The highest BCUT2D eigenvalue weighted by atomic mass is 35.5. The van der Waals surface area contributed by atoms with Gasteiger partial charge in [-0.25, -0.2) is 13.4 Å². The Labute approximate surface area is 127 Å². The van der Waals surface area contributed by atoms with Crippen LogP contribution in [0, 0.1) is 0 Å². The normalized spacial score (nSPS) is 12.0. The molecule has 1 aromatic heterocycles. The third-order valence-electron chi connectivity index (χ3n) is 2.81. The predicted molar refractivity (Wildman–Crippen MR) is 80.1 cm³/mol. The van der Waals surface area contributed by atoms with E-state index in [-0.39, 0.29) is 18.0 Å². The summed E-state index contributed by atoms with van der Waals surface area (Å²) in [7, 11) is -2.06. The standard InChI is InChI=1S/C12H14ClN3O2S2/c1-16(6-10-7-19-8-15-10)20(17,18)11-2-3-12(13)9(4-11)5-14/h2-4,7-8H,5-6,14H2,1H3. The van der Waals surface area contributed by atoms with Gasteiger partial charge in [0.1, 0.15) is 0 Å². The van der Waals surface area contributed by atoms with Gasteiger partial charge in [0.15, 0.2) is 0 Å². The molecule has 0 bridgehead atoms. The summed E-state index contributed by atoms with van der Waals surface area (Å²) in [5.74, 6) is 0. The molecule has 5 nitrogen and oxygen atoms in total. The van der Waals surface area contributed by atoms with Gasteiger partial charge in [0.2, 0.25) is 10.0 Å². The minimum Gasteiger partial charge on any atom is -0.326 e. The number of aromatic nitrogens is 1. The lowest BCUT2D eigenvalue weighted by atomic mass is 10.2. The number of nitrogens with two attached hydrogens (primary N) is 1. The van der Waals surface area contributed by atoms with Crippen LogP contribution in [0.1, 0.15) is 11.3 Å². The molecule has 0 aliphatic heterocycles. The summed E-state index contributed by atoms with van der Waals surface area (Å²) in [5.41, 5.74) is 8.54. The summed E-state index contributed by atoms with van der Waals surface area (Å²) in [6.07, 6.45) is 0. The van der Waals surface area contributed by atoms with Crippen molar-refractivity contribution < 1.29 is 8.42 Å². The van der Waals surface area contributed by atoms with Crippen molar-refractivity contribution in [3.8, 4) is 0 Å². The second-order valence-electron chi connectivity index (χ2n) is 4.20. The van der Waals surface area contributed by atoms with E-state index in [2.05, 4.69) is 4.98 Å². The van der Waals surface area contributed by atoms with E-state index < -0.39 is 10.0 Å². The Balaban J connectivity index is 2.29. The maximum absolute atomic E-state index is 12.5. The van der Waals surface area contributed by atoms with E-state index in [0.29, 0.717) is 16.3 Å². The highest BCUT2D eigenvalue weighted by Gasteiger charge is 2.22. The Morgan fingerprint density at radius 2 is 2.20 bits per heavy atom. The van der Waals surface area contributed by atoms with E-state index in [1.165, 1.54) is 34.8 Å². The second-order valence-corrected chi connectivity index (χ2v) is 7.37. The lowest BCUT2D eigenvalue weighted by molar-refractivity contribution is 0.463. The predicted octanol–water partition coefficient (Wildman–Crippen LogP) is 2.08. The molecule has 0 aliphatic rings. The van der Waals surface area contributed by atoms with Crippen LogP contribution in [0.2, 0.25) is 5.02 Å². The van der Waals surface area contributed by atoms with Crippen LogP contribution in [0.15, 0.2) is 34.0 Å². The highest BCUT2D eigenvalue weighted by molar-refractivity contribution is 7.89. The molecule has 20 heavy (non-hydrogen) atoms. The van der Waals surface area contributed by atoms with Gasteiger partial charge in [-0.3, -0.25) is 0 Å². The Hall–Kier alpha value is -0.990. The van der Waals surface area contributed by atoms with Gasteiger partial charge in [0.25, 0.3) is 0 Å². The van der Waals surface area contributed by atoms with Crippen molar-refractivity contribution in [2.75, 3.05) is 7.05 Å². The van der Waals surface area contributed by atoms with Crippen LogP contribution in [-0.2, 0) is 23.1 Å². The largest absolute Gasteiger partial charge is 0.326 e. The van der Waals surface area contributed by atoms with Gasteiger partial charge in [-0.2, -0.15) is 4.31 Å². The van der Waals surface area contributed by atoms with E-state index in [4.69, 9.17) is 17.3 Å². The van der Waals surface area contributed by atoms with Crippen LogP contribution in [-0.4, -0.2) is 24.8 Å². The number of sulfonamides is 1. The molecule has 0 saturated heterocycles. The summed E-state index contributed by atoms with van der Waals surface area (Å²) < 4.78 is 26.2. The minimum atomic E-state index is -3.58. The fourth-order valence-electron chi connectivity index (χ4n) is 1.68. The third kappa shape index (κ3) is 3.18. The first-order chi connectivity index (χ1) is 9.45. The van der Waals surface area contributed by atoms with Crippen LogP contribution in [0.4, 0.5) is 0 Å². The van der Waals surface area contributed by atoms with E-state index in [0.717, 1.165) is 0 Å². The van der Waals surface area contributed by atoms with Crippen LogP contribution in [0.25, 0.3) is 0 Å². The first-order valence-electron chi connectivity index (χ1n) is 5.77. The number of rotatable bonds is 5. The molecular formula is C12H14ClN3O2S2. The average Bonchev–Trinajstić information content (AvgIpc) is 2.91. The smallest absolute Gasteiger partial charge is 0.243 e. The SMILES string of the molecule is CN(Cc1cscn1)S(=O)(=O)c1ccc(Cl)c(CN)c1. The maximum atomic E-state index is 12.5. The summed E-state index contributed by atoms with van der Waals surface area (Å²) >= 11 is 7.37. The third-order valence-corrected chi connectivity index (χ3v) is 5.62. The molecule has 2 aromatic rings. The Morgan fingerprint density at radius 3 is 2.80 bits per heavy atom. The lowest BCUT2D eigenvalue weighted by Crippen LogP contribution is -2.26. The maximum Gasteiger partial charge on any atom is 0.243 e. The van der Waals surface area contributed by atoms with Crippen LogP contribution < -0.4 is 5.73 Å². The van der Waals surface area contributed by atoms with E-state index in [1.54, 1.807) is 11.6 Å². The molecule has 0 amide bonds. The molecular weight excluding hydrogens is 318 g/mol. The van der Waals surface area contributed by atoms with Crippen molar-refractivity contribution in [2.45, 2.75) is 18.0 Å². The first kappa shape index (κ1) is 15.4. The number of halogens is 1. The van der Waals surface area contributed by atoms with Crippen LogP contribution in [0.3, 0.4) is 0 Å². The fourth-order valence-corrected chi connectivity index (χ4v) is 3.61. The zero-order valence-corrected chi connectivity index (χ0v) is 13.2. The Morgan fingerprint density at radius 1 is 1.45 bits per heavy atom. The topological polar surface area (TPSA) is 76.3 Å². The number of hydrogen-bond acceptors (Lipinski definition) is 5. The Bertz CT molecular complexity index is 687. The fraction of sp³-hybridized carbons (Fsp3) is 0.250. The molecule has 0 saturated carbocycles. The van der Waals surface area contributed by atoms with Crippen LogP contribution >= 0.6 is 22.9 Å². The molecule has 1 aromatic carbocycles. The number of hydrogen-bond donors (Lipinski definition) is 1. The van der Waals surface area contributed by atoms with E-state index in [9.17, 15) is 8.42 Å². The van der Waals surface area contributed by atoms with Crippen molar-refractivity contribution in [1.82, 2.24) is 9.29 Å². The van der Waals surface area contributed by atoms with E-state index in [1.807, 2.05) is 5.38 Å².